The molecule has 8 heteroatoms. The van der Waals surface area contributed by atoms with Crippen LogP contribution in [0.25, 0.3) is 11.2 Å². The Bertz CT molecular complexity index is 1420. The van der Waals surface area contributed by atoms with Crippen molar-refractivity contribution in [3.63, 3.8) is 0 Å². The maximum atomic E-state index is 13.5. The van der Waals surface area contributed by atoms with Gasteiger partial charge in [0.05, 0.1) is 13.7 Å². The average molecular weight is 431 g/mol. The fourth-order valence-electron chi connectivity index (χ4n) is 4.41. The second kappa shape index (κ2) is 7.71. The predicted molar refractivity (Wildman–Crippen MR) is 124 cm³/mol. The molecular formula is C24H25N5O3. The third kappa shape index (κ3) is 3.19. The van der Waals surface area contributed by atoms with Crippen molar-refractivity contribution < 1.29 is 4.74 Å². The first-order valence-electron chi connectivity index (χ1n) is 10.6. The molecule has 0 bridgehead atoms. The molecule has 0 aliphatic carbocycles. The highest BCUT2D eigenvalue weighted by molar-refractivity contribution is 5.77. The minimum Gasteiger partial charge on any atom is -0.497 e. The summed E-state index contributed by atoms with van der Waals surface area (Å²) in [6.45, 7) is 3.78. The zero-order valence-corrected chi connectivity index (χ0v) is 18.4. The number of imidazole rings is 1. The van der Waals surface area contributed by atoms with Gasteiger partial charge in [-0.15, -0.1) is 0 Å². The van der Waals surface area contributed by atoms with Crippen LogP contribution in [0.1, 0.15) is 12.5 Å². The Hall–Kier alpha value is -3.81. The minimum absolute atomic E-state index is 0.220. The zero-order chi connectivity index (χ0) is 22.4. The van der Waals surface area contributed by atoms with E-state index in [1.165, 1.54) is 9.13 Å². The van der Waals surface area contributed by atoms with E-state index in [0.717, 1.165) is 23.5 Å². The number of anilines is 2. The number of nitrogens with zero attached hydrogens (tertiary/aromatic N) is 5. The number of hydrogen-bond acceptors (Lipinski definition) is 5. The lowest BCUT2D eigenvalue weighted by Crippen LogP contribution is -2.40. The van der Waals surface area contributed by atoms with Gasteiger partial charge in [-0.25, -0.2) is 4.79 Å². The molecule has 0 amide bonds. The lowest BCUT2D eigenvalue weighted by molar-refractivity contribution is 0.414. The van der Waals surface area contributed by atoms with Crippen molar-refractivity contribution in [1.29, 1.82) is 0 Å². The number of ether oxygens (including phenoxy) is 1. The molecule has 32 heavy (non-hydrogen) atoms. The first-order chi connectivity index (χ1) is 15.5. The smallest absolute Gasteiger partial charge is 0.332 e. The quantitative estimate of drug-likeness (QED) is 0.497. The van der Waals surface area contributed by atoms with Crippen LogP contribution in [0, 0.1) is 5.92 Å². The lowest BCUT2D eigenvalue weighted by Gasteiger charge is -2.33. The second-order valence-electron chi connectivity index (χ2n) is 8.33. The zero-order valence-electron chi connectivity index (χ0n) is 18.4. The van der Waals surface area contributed by atoms with E-state index in [4.69, 9.17) is 9.72 Å². The summed E-state index contributed by atoms with van der Waals surface area (Å²) in [4.78, 5) is 33.5. The molecule has 1 aliphatic rings. The summed E-state index contributed by atoms with van der Waals surface area (Å²) >= 11 is 0. The van der Waals surface area contributed by atoms with Gasteiger partial charge >= 0.3 is 5.69 Å². The van der Waals surface area contributed by atoms with Crippen LogP contribution in [0.3, 0.4) is 0 Å². The molecule has 0 spiro atoms. The fraction of sp³-hybridized carbons (Fsp3) is 0.292. The summed E-state index contributed by atoms with van der Waals surface area (Å²) in [5.74, 6) is 1.70. The molecule has 0 fully saturated rings. The largest absolute Gasteiger partial charge is 0.497 e. The molecule has 3 heterocycles. The highest BCUT2D eigenvalue weighted by Crippen LogP contribution is 2.34. The molecule has 5 rings (SSSR count). The Labute approximate surface area is 184 Å². The van der Waals surface area contributed by atoms with Gasteiger partial charge in [-0.1, -0.05) is 43.3 Å². The van der Waals surface area contributed by atoms with Gasteiger partial charge in [0.2, 0.25) is 5.95 Å². The van der Waals surface area contributed by atoms with Crippen molar-refractivity contribution in [2.24, 2.45) is 13.0 Å². The Morgan fingerprint density at radius 3 is 2.59 bits per heavy atom. The summed E-state index contributed by atoms with van der Waals surface area (Å²) in [6, 6.07) is 17.3. The van der Waals surface area contributed by atoms with Crippen molar-refractivity contribution in [2.75, 3.05) is 18.6 Å². The molecule has 0 N–H and O–H groups in total. The third-order valence-electron chi connectivity index (χ3n) is 5.99. The van der Waals surface area contributed by atoms with E-state index < -0.39 is 0 Å². The van der Waals surface area contributed by atoms with E-state index >= 15 is 0 Å². The first-order valence-corrected chi connectivity index (χ1v) is 10.6. The second-order valence-corrected chi connectivity index (χ2v) is 8.33. The number of aryl methyl sites for hydroxylation is 1. The number of fused-ring (bicyclic) bond motifs is 3. The molecule has 0 saturated carbocycles. The van der Waals surface area contributed by atoms with Crippen molar-refractivity contribution in [2.45, 2.75) is 20.0 Å². The molecule has 0 radical (unpaired) electrons. The predicted octanol–water partition coefficient (Wildman–Crippen LogP) is 2.74. The normalized spacial score (nSPS) is 15.7. The van der Waals surface area contributed by atoms with Crippen LogP contribution in [0.15, 0.2) is 64.2 Å². The van der Waals surface area contributed by atoms with E-state index in [0.29, 0.717) is 23.7 Å². The third-order valence-corrected chi connectivity index (χ3v) is 5.99. The van der Waals surface area contributed by atoms with E-state index in [-0.39, 0.29) is 23.7 Å². The van der Waals surface area contributed by atoms with Crippen molar-refractivity contribution >= 4 is 22.8 Å². The number of methoxy groups -OCH3 is 1. The maximum absolute atomic E-state index is 13.5. The number of benzene rings is 2. The van der Waals surface area contributed by atoms with E-state index in [9.17, 15) is 9.59 Å². The summed E-state index contributed by atoms with van der Waals surface area (Å²) in [6.07, 6.45) is 0. The van der Waals surface area contributed by atoms with Crippen LogP contribution < -0.4 is 20.9 Å². The maximum Gasteiger partial charge on any atom is 0.332 e. The minimum atomic E-state index is -0.372. The van der Waals surface area contributed by atoms with E-state index in [1.807, 2.05) is 59.2 Å². The Morgan fingerprint density at radius 2 is 1.84 bits per heavy atom. The van der Waals surface area contributed by atoms with Crippen LogP contribution in [0.4, 0.5) is 11.6 Å². The summed E-state index contributed by atoms with van der Waals surface area (Å²) < 4.78 is 10.1. The Kier molecular flexibility index (Phi) is 4.84. The average Bonchev–Trinajstić information content (AvgIpc) is 3.20. The summed E-state index contributed by atoms with van der Waals surface area (Å²) in [5, 5.41) is 0. The topological polar surface area (TPSA) is 74.3 Å². The first kappa shape index (κ1) is 20.1. The van der Waals surface area contributed by atoms with Gasteiger partial charge < -0.3 is 14.2 Å². The van der Waals surface area contributed by atoms with Crippen LogP contribution >= 0.6 is 0 Å². The van der Waals surface area contributed by atoms with Crippen LogP contribution in [0.5, 0.6) is 5.75 Å². The van der Waals surface area contributed by atoms with Gasteiger partial charge in [-0.05, 0) is 23.6 Å². The summed E-state index contributed by atoms with van der Waals surface area (Å²) in [7, 11) is 3.31. The van der Waals surface area contributed by atoms with Crippen LogP contribution in [-0.4, -0.2) is 32.3 Å². The van der Waals surface area contributed by atoms with Crippen LogP contribution in [0.2, 0.25) is 0 Å². The molecule has 0 saturated heterocycles. The monoisotopic (exact) mass is 431 g/mol. The highest BCUT2D eigenvalue weighted by atomic mass is 16.5. The molecule has 2 aromatic carbocycles. The van der Waals surface area contributed by atoms with Crippen molar-refractivity contribution in [3.05, 3.63) is 81.0 Å². The molecule has 1 atom stereocenters. The van der Waals surface area contributed by atoms with Gasteiger partial charge in [-0.2, -0.15) is 4.98 Å². The summed E-state index contributed by atoms with van der Waals surface area (Å²) in [5.41, 5.74) is 2.00. The van der Waals surface area contributed by atoms with Gasteiger partial charge in [0, 0.05) is 31.9 Å². The highest BCUT2D eigenvalue weighted by Gasteiger charge is 2.30. The van der Waals surface area contributed by atoms with Gasteiger partial charge in [0.1, 0.15) is 5.75 Å². The molecule has 2 aromatic heterocycles. The molecule has 4 aromatic rings. The number of hydrogen-bond donors (Lipinski definition) is 0. The van der Waals surface area contributed by atoms with Crippen molar-refractivity contribution in [1.82, 2.24) is 18.7 Å². The van der Waals surface area contributed by atoms with Gasteiger partial charge in [-0.3, -0.25) is 13.9 Å². The van der Waals surface area contributed by atoms with Gasteiger partial charge in [0.25, 0.3) is 5.56 Å². The molecule has 1 aliphatic heterocycles. The van der Waals surface area contributed by atoms with Crippen LogP contribution in [-0.2, 0) is 20.1 Å². The van der Waals surface area contributed by atoms with Gasteiger partial charge in [0.15, 0.2) is 11.2 Å². The Morgan fingerprint density at radius 1 is 1.06 bits per heavy atom. The molecule has 164 valence electrons. The molecule has 8 nitrogen and oxygen atoms in total. The molecular weight excluding hydrogens is 406 g/mol. The van der Waals surface area contributed by atoms with E-state index in [2.05, 4.69) is 11.8 Å². The number of rotatable bonds is 4. The fourth-order valence-corrected chi connectivity index (χ4v) is 4.41. The van der Waals surface area contributed by atoms with E-state index in [1.54, 1.807) is 14.2 Å². The SMILES string of the molecule is COc1cccc(N2C[C@H](C)Cn3c2nc2c3c(=O)n(Cc3ccccc3)c(=O)n2C)c1. The number of aromatic nitrogens is 4. The Balaban J connectivity index is 1.72. The standard InChI is InChI=1S/C24H25N5O3/c1-16-13-27(18-10-7-11-19(12-18)32-3)23-25-21-20(28(23)14-16)22(30)29(24(31)26(21)2)15-17-8-5-4-6-9-17/h4-12,16H,13-15H2,1-3H3/t16-/m0/s1. The molecule has 0 unspecified atom stereocenters. The van der Waals surface area contributed by atoms with Crippen molar-refractivity contribution in [3.8, 4) is 5.75 Å². The lowest BCUT2D eigenvalue weighted by atomic mass is 10.1.